The highest BCUT2D eigenvalue weighted by Crippen LogP contribution is 2.12. The van der Waals surface area contributed by atoms with E-state index in [1.165, 1.54) is 5.56 Å². The number of nitrogen functional groups attached to an aromatic ring is 1. The molecular formula is C15H23N3O. The van der Waals surface area contributed by atoms with E-state index in [9.17, 15) is 4.79 Å². The predicted molar refractivity (Wildman–Crippen MR) is 77.9 cm³/mol. The van der Waals surface area contributed by atoms with Crippen molar-refractivity contribution in [1.82, 2.24) is 9.80 Å². The molecule has 0 spiro atoms. The molecule has 0 unspecified atom stereocenters. The van der Waals surface area contributed by atoms with Crippen molar-refractivity contribution in [2.45, 2.75) is 19.8 Å². The van der Waals surface area contributed by atoms with Crippen LogP contribution in [0.2, 0.25) is 0 Å². The van der Waals surface area contributed by atoms with Gasteiger partial charge in [0.05, 0.1) is 0 Å². The third-order valence-corrected chi connectivity index (χ3v) is 3.79. The van der Waals surface area contributed by atoms with Crippen LogP contribution in [0.15, 0.2) is 24.3 Å². The van der Waals surface area contributed by atoms with Gasteiger partial charge in [-0.15, -0.1) is 0 Å². The summed E-state index contributed by atoms with van der Waals surface area (Å²) in [6.45, 7) is 6.43. The molecule has 0 bridgehead atoms. The molecule has 19 heavy (non-hydrogen) atoms. The molecule has 4 nitrogen and oxygen atoms in total. The number of nitrogens with two attached hydrogens (primary N) is 1. The van der Waals surface area contributed by atoms with Gasteiger partial charge in [0.2, 0.25) is 5.91 Å². The second-order valence-electron chi connectivity index (χ2n) is 5.15. The molecule has 1 saturated heterocycles. The van der Waals surface area contributed by atoms with Crippen LogP contribution in [-0.2, 0) is 11.2 Å². The summed E-state index contributed by atoms with van der Waals surface area (Å²) in [6, 6.07) is 8.05. The molecule has 1 aliphatic heterocycles. The van der Waals surface area contributed by atoms with E-state index >= 15 is 0 Å². The number of para-hydroxylation sites is 1. The van der Waals surface area contributed by atoms with Gasteiger partial charge in [-0.25, -0.2) is 0 Å². The Balaban J connectivity index is 1.84. The number of rotatable bonds is 3. The van der Waals surface area contributed by atoms with Crippen molar-refractivity contribution in [2.75, 3.05) is 38.5 Å². The van der Waals surface area contributed by atoms with Gasteiger partial charge in [-0.3, -0.25) is 4.79 Å². The molecule has 0 aliphatic carbocycles. The van der Waals surface area contributed by atoms with E-state index in [0.717, 1.165) is 51.3 Å². The van der Waals surface area contributed by atoms with Gasteiger partial charge in [0, 0.05) is 38.8 Å². The number of benzene rings is 1. The molecule has 2 N–H and O–H groups in total. The number of nitrogens with zero attached hydrogens (tertiary/aromatic N) is 2. The largest absolute Gasteiger partial charge is 0.399 e. The Morgan fingerprint density at radius 3 is 2.74 bits per heavy atom. The van der Waals surface area contributed by atoms with Crippen LogP contribution in [0.3, 0.4) is 0 Å². The molecule has 2 rings (SSSR count). The van der Waals surface area contributed by atoms with E-state index in [-0.39, 0.29) is 5.91 Å². The summed E-state index contributed by atoms with van der Waals surface area (Å²) in [6.07, 6.45) is 2.04. The van der Waals surface area contributed by atoms with E-state index in [1.54, 1.807) is 6.92 Å². The number of hydrogen-bond acceptors (Lipinski definition) is 3. The quantitative estimate of drug-likeness (QED) is 0.836. The van der Waals surface area contributed by atoms with E-state index in [2.05, 4.69) is 11.0 Å². The van der Waals surface area contributed by atoms with Crippen molar-refractivity contribution < 1.29 is 4.79 Å². The summed E-state index contributed by atoms with van der Waals surface area (Å²) in [5.41, 5.74) is 8.05. The SMILES string of the molecule is CC(=O)N1CCCN(CCc2ccccc2N)CC1. The van der Waals surface area contributed by atoms with Crippen LogP contribution in [0.1, 0.15) is 18.9 Å². The molecule has 1 amide bonds. The van der Waals surface area contributed by atoms with Gasteiger partial charge >= 0.3 is 0 Å². The number of carbonyl (C=O) groups is 1. The lowest BCUT2D eigenvalue weighted by molar-refractivity contribution is -0.128. The van der Waals surface area contributed by atoms with Crippen molar-refractivity contribution in [3.05, 3.63) is 29.8 Å². The second kappa shape index (κ2) is 6.57. The van der Waals surface area contributed by atoms with Gasteiger partial charge in [-0.2, -0.15) is 0 Å². The van der Waals surface area contributed by atoms with Gasteiger partial charge in [0.1, 0.15) is 0 Å². The molecule has 1 aromatic rings. The minimum Gasteiger partial charge on any atom is -0.399 e. The first-order valence-corrected chi connectivity index (χ1v) is 6.98. The van der Waals surface area contributed by atoms with Gasteiger partial charge in [0.15, 0.2) is 0 Å². The lowest BCUT2D eigenvalue weighted by Gasteiger charge is -2.21. The average molecular weight is 261 g/mol. The van der Waals surface area contributed by atoms with Crippen LogP contribution in [0.25, 0.3) is 0 Å². The van der Waals surface area contributed by atoms with Crippen molar-refractivity contribution in [3.8, 4) is 0 Å². The maximum atomic E-state index is 11.4. The van der Waals surface area contributed by atoms with Gasteiger partial charge in [0.25, 0.3) is 0 Å². The fourth-order valence-corrected chi connectivity index (χ4v) is 2.55. The Morgan fingerprint density at radius 2 is 2.00 bits per heavy atom. The first kappa shape index (κ1) is 13.9. The normalized spacial score (nSPS) is 17.2. The Bertz CT molecular complexity index is 433. The third-order valence-electron chi connectivity index (χ3n) is 3.79. The lowest BCUT2D eigenvalue weighted by Crippen LogP contribution is -2.34. The third kappa shape index (κ3) is 3.96. The Morgan fingerprint density at radius 1 is 1.21 bits per heavy atom. The Kier molecular flexibility index (Phi) is 4.80. The van der Waals surface area contributed by atoms with E-state index in [0.29, 0.717) is 0 Å². The maximum absolute atomic E-state index is 11.4. The topological polar surface area (TPSA) is 49.6 Å². The highest BCUT2D eigenvalue weighted by molar-refractivity contribution is 5.73. The molecule has 0 saturated carbocycles. The summed E-state index contributed by atoms with van der Waals surface area (Å²) in [7, 11) is 0. The minimum absolute atomic E-state index is 0.189. The van der Waals surface area contributed by atoms with Gasteiger partial charge in [-0.1, -0.05) is 18.2 Å². The zero-order chi connectivity index (χ0) is 13.7. The molecule has 104 valence electrons. The fraction of sp³-hybridized carbons (Fsp3) is 0.533. The number of carbonyl (C=O) groups excluding carboxylic acids is 1. The summed E-state index contributed by atoms with van der Waals surface area (Å²) in [4.78, 5) is 15.7. The van der Waals surface area contributed by atoms with Crippen LogP contribution in [0, 0.1) is 0 Å². The van der Waals surface area contributed by atoms with Gasteiger partial charge < -0.3 is 15.5 Å². The molecule has 0 aromatic heterocycles. The zero-order valence-electron chi connectivity index (χ0n) is 11.6. The highest BCUT2D eigenvalue weighted by atomic mass is 16.2. The van der Waals surface area contributed by atoms with Crippen LogP contribution in [0.4, 0.5) is 5.69 Å². The van der Waals surface area contributed by atoms with Crippen molar-refractivity contribution in [1.29, 1.82) is 0 Å². The molecule has 1 heterocycles. The molecule has 0 radical (unpaired) electrons. The highest BCUT2D eigenvalue weighted by Gasteiger charge is 2.16. The molecule has 0 atom stereocenters. The summed E-state index contributed by atoms with van der Waals surface area (Å²) >= 11 is 0. The van der Waals surface area contributed by atoms with Crippen LogP contribution in [-0.4, -0.2) is 48.4 Å². The first-order chi connectivity index (χ1) is 9.16. The van der Waals surface area contributed by atoms with Crippen molar-refractivity contribution in [3.63, 3.8) is 0 Å². The molecule has 1 aromatic carbocycles. The fourth-order valence-electron chi connectivity index (χ4n) is 2.55. The van der Waals surface area contributed by atoms with Gasteiger partial charge in [-0.05, 0) is 31.0 Å². The van der Waals surface area contributed by atoms with E-state index < -0.39 is 0 Å². The van der Waals surface area contributed by atoms with Crippen molar-refractivity contribution >= 4 is 11.6 Å². The number of hydrogen-bond donors (Lipinski definition) is 1. The molecule has 4 heteroatoms. The summed E-state index contributed by atoms with van der Waals surface area (Å²) < 4.78 is 0. The average Bonchev–Trinajstić information content (AvgIpc) is 2.63. The molecular weight excluding hydrogens is 238 g/mol. The molecule has 1 aliphatic rings. The smallest absolute Gasteiger partial charge is 0.219 e. The lowest BCUT2D eigenvalue weighted by atomic mass is 10.1. The zero-order valence-corrected chi connectivity index (χ0v) is 11.6. The predicted octanol–water partition coefficient (Wildman–Crippen LogP) is 1.37. The minimum atomic E-state index is 0.189. The van der Waals surface area contributed by atoms with E-state index in [1.807, 2.05) is 23.1 Å². The van der Waals surface area contributed by atoms with Crippen LogP contribution >= 0.6 is 0 Å². The van der Waals surface area contributed by atoms with Crippen LogP contribution in [0.5, 0.6) is 0 Å². The van der Waals surface area contributed by atoms with Crippen LogP contribution < -0.4 is 5.73 Å². The monoisotopic (exact) mass is 261 g/mol. The van der Waals surface area contributed by atoms with E-state index in [4.69, 9.17) is 5.73 Å². The Labute approximate surface area is 115 Å². The second-order valence-corrected chi connectivity index (χ2v) is 5.15. The Hall–Kier alpha value is -1.55. The first-order valence-electron chi connectivity index (χ1n) is 6.98. The number of amides is 1. The van der Waals surface area contributed by atoms with Crippen molar-refractivity contribution in [2.24, 2.45) is 0 Å². The maximum Gasteiger partial charge on any atom is 0.219 e. The molecule has 1 fully saturated rings. The summed E-state index contributed by atoms with van der Waals surface area (Å²) in [5, 5.41) is 0. The number of anilines is 1. The standard InChI is InChI=1S/C15H23N3O/c1-13(19)18-9-4-8-17(11-12-18)10-7-14-5-2-3-6-15(14)16/h2-3,5-6H,4,7-12,16H2,1H3. The summed E-state index contributed by atoms with van der Waals surface area (Å²) in [5.74, 6) is 0.189.